The Morgan fingerprint density at radius 3 is 1.52 bits per heavy atom. The molecule has 12 atom stereocenters. The van der Waals surface area contributed by atoms with E-state index in [-0.39, 0.29) is 12.3 Å². The predicted octanol–water partition coefficient (Wildman–Crippen LogP) is 4.99. The first-order chi connectivity index (χ1) is 26.5. The molecule has 1 amide bonds. The maximum Gasteiger partial charge on any atom is 0.303 e. The molecular formula is C40H67NO15. The maximum atomic E-state index is 13.4. The van der Waals surface area contributed by atoms with Gasteiger partial charge in [0, 0.05) is 41.2 Å². The van der Waals surface area contributed by atoms with Crippen LogP contribution in [0.25, 0.3) is 0 Å². The van der Waals surface area contributed by atoms with Crippen molar-refractivity contribution in [1.82, 2.24) is 5.32 Å². The minimum Gasteiger partial charge on any atom is -0.456 e. The van der Waals surface area contributed by atoms with Gasteiger partial charge < -0.3 is 47.9 Å². The Hall–Kier alpha value is -3.34. The van der Waals surface area contributed by atoms with Gasteiger partial charge in [-0.15, -0.1) is 0 Å². The Morgan fingerprint density at radius 2 is 1.02 bits per heavy atom. The van der Waals surface area contributed by atoms with Crippen LogP contribution in [0.3, 0.4) is 0 Å². The Bertz CT molecular complexity index is 1260. The van der Waals surface area contributed by atoms with Crippen molar-refractivity contribution in [3.63, 3.8) is 0 Å². The second-order valence-electron chi connectivity index (χ2n) is 14.8. The van der Waals surface area contributed by atoms with E-state index in [9.17, 15) is 28.8 Å². The fourth-order valence-corrected chi connectivity index (χ4v) is 7.00. The summed E-state index contributed by atoms with van der Waals surface area (Å²) >= 11 is 0. The molecule has 0 aromatic rings. The third-order valence-electron chi connectivity index (χ3n) is 9.76. The molecule has 0 spiro atoms. The quantitative estimate of drug-likeness (QED) is 0.0824. The van der Waals surface area contributed by atoms with Crippen LogP contribution in [0.2, 0.25) is 0 Å². The van der Waals surface area contributed by atoms with Gasteiger partial charge in [0.25, 0.3) is 0 Å². The molecule has 2 fully saturated rings. The van der Waals surface area contributed by atoms with Crippen molar-refractivity contribution in [3.8, 4) is 0 Å². The summed E-state index contributed by atoms with van der Waals surface area (Å²) in [6.07, 6.45) is -4.20. The van der Waals surface area contributed by atoms with Gasteiger partial charge in [0.05, 0.1) is 24.7 Å². The van der Waals surface area contributed by atoms with E-state index in [1.807, 2.05) is 0 Å². The van der Waals surface area contributed by atoms with Crippen LogP contribution in [0.5, 0.6) is 0 Å². The highest BCUT2D eigenvalue weighted by Gasteiger charge is 2.56. The van der Waals surface area contributed by atoms with Crippen molar-refractivity contribution >= 4 is 35.8 Å². The van der Waals surface area contributed by atoms with Crippen molar-refractivity contribution in [2.45, 2.75) is 207 Å². The van der Waals surface area contributed by atoms with Crippen LogP contribution in [-0.2, 0) is 71.4 Å². The predicted molar refractivity (Wildman–Crippen MR) is 200 cm³/mol. The molecule has 0 saturated carbocycles. The molecule has 2 aliphatic heterocycles. The van der Waals surface area contributed by atoms with E-state index in [0.29, 0.717) is 18.9 Å². The minimum atomic E-state index is -1.56. The summed E-state index contributed by atoms with van der Waals surface area (Å²) in [5, 5.41) is 3.07. The molecule has 2 aliphatic rings. The first kappa shape index (κ1) is 48.8. The number of hydrogen-bond donors (Lipinski definition) is 1. The molecule has 0 aromatic carbocycles. The molecule has 1 N–H and O–H groups in total. The Kier molecular flexibility index (Phi) is 21.9. The second kappa shape index (κ2) is 25.1. The van der Waals surface area contributed by atoms with Gasteiger partial charge in [-0.2, -0.15) is 0 Å². The number of rotatable bonds is 23. The zero-order chi connectivity index (χ0) is 41.9. The monoisotopic (exact) mass is 801 g/mol. The lowest BCUT2D eigenvalue weighted by Crippen LogP contribution is -2.66. The van der Waals surface area contributed by atoms with Crippen LogP contribution in [0.1, 0.15) is 140 Å². The van der Waals surface area contributed by atoms with Crippen molar-refractivity contribution < 1.29 is 71.4 Å². The fourth-order valence-electron chi connectivity index (χ4n) is 7.00. The maximum absolute atomic E-state index is 13.4. The first-order valence-corrected chi connectivity index (χ1v) is 20.3. The third kappa shape index (κ3) is 16.6. The van der Waals surface area contributed by atoms with E-state index in [2.05, 4.69) is 26.1 Å². The topological polar surface area (TPSA) is 198 Å². The lowest BCUT2D eigenvalue weighted by Gasteiger charge is -2.48. The van der Waals surface area contributed by atoms with Gasteiger partial charge in [-0.3, -0.25) is 28.8 Å². The summed E-state index contributed by atoms with van der Waals surface area (Å²) < 4.78 is 53.6. The van der Waals surface area contributed by atoms with E-state index < -0.39 is 97.4 Å². The van der Waals surface area contributed by atoms with E-state index in [1.165, 1.54) is 13.8 Å². The van der Waals surface area contributed by atoms with Gasteiger partial charge in [0.1, 0.15) is 0 Å². The number of esters is 5. The zero-order valence-corrected chi connectivity index (χ0v) is 35.0. The average molecular weight is 802 g/mol. The largest absolute Gasteiger partial charge is 0.456 e. The number of amides is 1. The lowest BCUT2D eigenvalue weighted by molar-refractivity contribution is -0.367. The first-order valence-electron chi connectivity index (χ1n) is 20.3. The van der Waals surface area contributed by atoms with Gasteiger partial charge in [0.2, 0.25) is 5.91 Å². The highest BCUT2D eigenvalue weighted by atomic mass is 16.8. The summed E-state index contributed by atoms with van der Waals surface area (Å²) in [7, 11) is 0. The summed E-state index contributed by atoms with van der Waals surface area (Å²) in [6.45, 7) is 15.8. The molecule has 2 unspecified atom stereocenters. The number of carbonyl (C=O) groups excluding carboxylic acids is 6. The lowest BCUT2D eigenvalue weighted by atomic mass is 9.96. The molecule has 56 heavy (non-hydrogen) atoms. The minimum absolute atomic E-state index is 0.00379. The van der Waals surface area contributed by atoms with Crippen molar-refractivity contribution in [2.75, 3.05) is 6.54 Å². The molecule has 16 heteroatoms. The van der Waals surface area contributed by atoms with E-state index >= 15 is 0 Å². The SMILES string of the molecule is CCCCCCCC(CC(=O)NCC(CC)CCCC)O[C@@H]1O[C@@H](C)[C@H](OC(C)=O)[C@@H](OC(C)=O)[C@H]1O[C@@H]1O[C@@H](C)[C@H](OC(C)=O)[C@@H](OC(C)=O)[C@H]1OC(C)=O. The van der Waals surface area contributed by atoms with Crippen molar-refractivity contribution in [1.29, 1.82) is 0 Å². The molecule has 2 saturated heterocycles. The molecular weight excluding hydrogens is 734 g/mol. The highest BCUT2D eigenvalue weighted by molar-refractivity contribution is 5.76. The summed E-state index contributed by atoms with van der Waals surface area (Å²) in [6, 6.07) is 0. The molecule has 2 rings (SSSR count). The summed E-state index contributed by atoms with van der Waals surface area (Å²) in [5.41, 5.74) is 0. The normalized spacial score (nSPS) is 28.6. The smallest absolute Gasteiger partial charge is 0.303 e. The van der Waals surface area contributed by atoms with Crippen LogP contribution in [0.15, 0.2) is 0 Å². The van der Waals surface area contributed by atoms with Crippen molar-refractivity contribution in [2.24, 2.45) is 5.92 Å². The number of hydrogen-bond acceptors (Lipinski definition) is 15. The molecule has 2 heterocycles. The number of nitrogens with one attached hydrogen (secondary N) is 1. The van der Waals surface area contributed by atoms with Gasteiger partial charge in [-0.25, -0.2) is 0 Å². The third-order valence-corrected chi connectivity index (χ3v) is 9.76. The Labute approximate surface area is 332 Å². The van der Waals surface area contributed by atoms with Gasteiger partial charge in [-0.05, 0) is 32.6 Å². The molecule has 0 aliphatic carbocycles. The number of unbranched alkanes of at least 4 members (excludes halogenated alkanes) is 5. The van der Waals surface area contributed by atoms with E-state index in [0.717, 1.165) is 78.6 Å². The van der Waals surface area contributed by atoms with E-state index in [4.69, 9.17) is 42.6 Å². The van der Waals surface area contributed by atoms with Crippen LogP contribution in [0.4, 0.5) is 0 Å². The Morgan fingerprint density at radius 1 is 0.554 bits per heavy atom. The van der Waals surface area contributed by atoms with Crippen LogP contribution in [0, 0.1) is 5.92 Å². The zero-order valence-electron chi connectivity index (χ0n) is 35.0. The molecule has 0 bridgehead atoms. The molecule has 0 aromatic heterocycles. The van der Waals surface area contributed by atoms with Crippen LogP contribution in [-0.4, -0.2) is 110 Å². The molecule has 322 valence electrons. The van der Waals surface area contributed by atoms with Gasteiger partial charge in [-0.1, -0.05) is 72.1 Å². The van der Waals surface area contributed by atoms with Gasteiger partial charge in [0.15, 0.2) is 49.2 Å². The Balaban J connectivity index is 2.59. The fraction of sp³-hybridized carbons (Fsp3) is 0.850. The number of ether oxygens (including phenoxy) is 9. The average Bonchev–Trinajstić information content (AvgIpc) is 3.10. The molecule has 16 nitrogen and oxygen atoms in total. The second-order valence-corrected chi connectivity index (χ2v) is 14.8. The standard InChI is InChI=1S/C40H67NO15/c1-11-14-16-17-18-20-31(21-32(47)41-22-30(13-3)19-15-12-2)55-39-38(36(53-28(9)45)34(23(4)48-39)51-26(7)43)56-40-37(54-29(10)46)35(52-27(8)44)33(24(5)49-40)50-25(6)42/h23-24,30-31,33-40H,11-22H2,1-10H3,(H,41,47)/t23-,24-,30?,31?,33-,34-,35+,36+,37+,38+,39-,40-/m0/s1. The van der Waals surface area contributed by atoms with Gasteiger partial charge >= 0.3 is 29.8 Å². The van der Waals surface area contributed by atoms with Crippen molar-refractivity contribution in [3.05, 3.63) is 0 Å². The molecule has 0 radical (unpaired) electrons. The summed E-state index contributed by atoms with van der Waals surface area (Å²) in [5.74, 6) is -3.56. The number of carbonyl (C=O) groups is 6. The van der Waals surface area contributed by atoms with E-state index in [1.54, 1.807) is 13.8 Å². The van der Waals surface area contributed by atoms with Crippen LogP contribution >= 0.6 is 0 Å². The summed E-state index contributed by atoms with van der Waals surface area (Å²) in [4.78, 5) is 75.3. The van der Waals surface area contributed by atoms with Crippen LogP contribution < -0.4 is 5.32 Å². The highest BCUT2D eigenvalue weighted by Crippen LogP contribution is 2.36.